The second kappa shape index (κ2) is 4.00. The molecule has 0 spiro atoms. The molecule has 0 aromatic heterocycles. The van der Waals surface area contributed by atoms with Crippen molar-refractivity contribution in [3.63, 3.8) is 0 Å². The molecule has 1 rings (SSSR count). The van der Waals surface area contributed by atoms with E-state index < -0.39 is 7.41 Å². The first kappa shape index (κ1) is 9.67. The van der Waals surface area contributed by atoms with Gasteiger partial charge in [-0.2, -0.15) is 0 Å². The zero-order valence-electron chi connectivity index (χ0n) is 8.17. The van der Waals surface area contributed by atoms with E-state index in [0.717, 1.165) is 0 Å². The van der Waals surface area contributed by atoms with Gasteiger partial charge in [-0.1, -0.05) is 0 Å². The van der Waals surface area contributed by atoms with Crippen LogP contribution in [0.4, 0.5) is 0 Å². The Labute approximate surface area is 75.7 Å². The molecule has 0 saturated heterocycles. The molecule has 0 radical (unpaired) electrons. The topological polar surface area (TPSA) is 12.4 Å². The molecule has 0 atom stereocenters. The fraction of sp³-hybridized carbons (Fsp3) is 0.500. The summed E-state index contributed by atoms with van der Waals surface area (Å²) in [5, 5.41) is 0. The van der Waals surface area contributed by atoms with Gasteiger partial charge in [0.2, 0.25) is 0 Å². The fourth-order valence-corrected chi connectivity index (χ4v) is 1.53. The van der Waals surface area contributed by atoms with E-state index in [4.69, 9.17) is 0 Å². The second-order valence-corrected chi connectivity index (χ2v) is 8.71. The van der Waals surface area contributed by atoms with E-state index in [9.17, 15) is 0 Å². The van der Waals surface area contributed by atoms with Crippen LogP contribution in [0.1, 0.15) is 12.8 Å². The van der Waals surface area contributed by atoms with Crippen LogP contribution in [0.25, 0.3) is 0 Å². The Kier molecular flexibility index (Phi) is 3.22. The third-order valence-corrected chi connectivity index (χ3v) is 2.53. The maximum atomic E-state index is 4.57. The molecule has 0 aromatic carbocycles. The molecule has 68 valence electrons. The summed E-state index contributed by atoms with van der Waals surface area (Å²) in [4.78, 5) is 0. The van der Waals surface area contributed by atoms with Gasteiger partial charge in [0.25, 0.3) is 0 Å². The number of allylic oxidation sites excluding steroid dienone is 4. The SMILES string of the molecule is C[PH](C)(C)/N=C/C1=CCCC=C1. The van der Waals surface area contributed by atoms with Gasteiger partial charge in [0.05, 0.1) is 0 Å². The number of hydrogen-bond acceptors (Lipinski definition) is 1. The molecule has 0 fully saturated rings. The molecule has 2 heteroatoms. The van der Waals surface area contributed by atoms with Crippen LogP contribution < -0.4 is 0 Å². The Bertz CT molecular complexity index is 231. The van der Waals surface area contributed by atoms with Crippen LogP contribution in [0.2, 0.25) is 0 Å². The molecule has 1 aliphatic rings. The van der Waals surface area contributed by atoms with Gasteiger partial charge in [0.15, 0.2) is 0 Å². The van der Waals surface area contributed by atoms with Crippen molar-refractivity contribution < 1.29 is 0 Å². The molecule has 12 heavy (non-hydrogen) atoms. The van der Waals surface area contributed by atoms with Crippen molar-refractivity contribution in [3.05, 3.63) is 23.8 Å². The molecule has 0 unspecified atom stereocenters. The predicted octanol–water partition coefficient (Wildman–Crippen LogP) is 2.89. The zero-order chi connectivity index (χ0) is 9.03. The summed E-state index contributed by atoms with van der Waals surface area (Å²) < 4.78 is 4.57. The molecule has 1 nitrogen and oxygen atoms in total. The van der Waals surface area contributed by atoms with E-state index in [1.165, 1.54) is 18.4 Å². The zero-order valence-corrected chi connectivity index (χ0v) is 9.17. The first-order chi connectivity index (χ1) is 5.58. The van der Waals surface area contributed by atoms with Gasteiger partial charge in [0, 0.05) is 0 Å². The molecule has 0 aliphatic heterocycles. The standard InChI is InChI=1S/C10H18NP/c1-12(2,3)11-9-10-7-5-4-6-8-10/h5,7-9,12H,4,6H2,1-3H3/b11-9+. The van der Waals surface area contributed by atoms with Crippen molar-refractivity contribution in [3.8, 4) is 0 Å². The molecule has 0 heterocycles. The van der Waals surface area contributed by atoms with Gasteiger partial charge < -0.3 is 0 Å². The fourth-order valence-electron chi connectivity index (χ4n) is 0.998. The molecule has 0 saturated carbocycles. The van der Waals surface area contributed by atoms with Crippen LogP contribution in [0.5, 0.6) is 0 Å². The van der Waals surface area contributed by atoms with Crippen molar-refractivity contribution in [2.75, 3.05) is 20.0 Å². The average molecular weight is 183 g/mol. The molecular weight excluding hydrogens is 165 g/mol. The molecule has 0 N–H and O–H groups in total. The van der Waals surface area contributed by atoms with Gasteiger partial charge in [-0.25, -0.2) is 0 Å². The second-order valence-electron chi connectivity index (χ2n) is 4.11. The Balaban J connectivity index is 2.56. The van der Waals surface area contributed by atoms with Gasteiger partial charge in [0.1, 0.15) is 0 Å². The van der Waals surface area contributed by atoms with E-state index in [-0.39, 0.29) is 0 Å². The Hall–Kier alpha value is -0.420. The van der Waals surface area contributed by atoms with Crippen molar-refractivity contribution in [2.45, 2.75) is 12.8 Å². The first-order valence-electron chi connectivity index (χ1n) is 4.50. The Morgan fingerprint density at radius 3 is 2.58 bits per heavy atom. The molecule has 0 bridgehead atoms. The van der Waals surface area contributed by atoms with Gasteiger partial charge in [-0.3, -0.25) is 0 Å². The third kappa shape index (κ3) is 3.82. The normalized spacial score (nSPS) is 19.8. The quantitative estimate of drug-likeness (QED) is 0.461. The summed E-state index contributed by atoms with van der Waals surface area (Å²) in [6, 6.07) is 0. The van der Waals surface area contributed by atoms with E-state index in [0.29, 0.717) is 0 Å². The van der Waals surface area contributed by atoms with Gasteiger partial charge >= 0.3 is 75.0 Å². The van der Waals surface area contributed by atoms with E-state index in [1.807, 2.05) is 6.21 Å². The van der Waals surface area contributed by atoms with Crippen molar-refractivity contribution in [1.82, 2.24) is 0 Å². The number of hydrogen-bond donors (Lipinski definition) is 0. The summed E-state index contributed by atoms with van der Waals surface area (Å²) in [5.41, 5.74) is 1.28. The molecule has 0 amide bonds. The monoisotopic (exact) mass is 183 g/mol. The summed E-state index contributed by atoms with van der Waals surface area (Å²) in [5.74, 6) is 0. The van der Waals surface area contributed by atoms with Crippen molar-refractivity contribution >= 4 is 13.6 Å². The van der Waals surface area contributed by atoms with E-state index >= 15 is 0 Å². The Morgan fingerprint density at radius 1 is 1.33 bits per heavy atom. The minimum absolute atomic E-state index is 1.17. The maximum absolute atomic E-state index is 4.57. The van der Waals surface area contributed by atoms with Crippen molar-refractivity contribution in [1.29, 1.82) is 0 Å². The van der Waals surface area contributed by atoms with Crippen LogP contribution in [-0.4, -0.2) is 26.2 Å². The predicted molar refractivity (Wildman–Crippen MR) is 61.0 cm³/mol. The minimum atomic E-state index is -1.25. The first-order valence-corrected chi connectivity index (χ1v) is 7.94. The van der Waals surface area contributed by atoms with Crippen LogP contribution >= 0.6 is 7.41 Å². The van der Waals surface area contributed by atoms with Crippen LogP contribution in [-0.2, 0) is 0 Å². The third-order valence-electron chi connectivity index (χ3n) is 1.62. The average Bonchev–Trinajstić information content (AvgIpc) is 2.02. The van der Waals surface area contributed by atoms with Crippen LogP contribution in [0.3, 0.4) is 0 Å². The summed E-state index contributed by atoms with van der Waals surface area (Å²) >= 11 is 0. The van der Waals surface area contributed by atoms with E-state index in [1.54, 1.807) is 0 Å². The van der Waals surface area contributed by atoms with Gasteiger partial charge in [-0.05, 0) is 0 Å². The Morgan fingerprint density at radius 2 is 2.08 bits per heavy atom. The van der Waals surface area contributed by atoms with Crippen molar-refractivity contribution in [2.24, 2.45) is 4.76 Å². The molecular formula is C10H18NP. The molecule has 1 aliphatic carbocycles. The summed E-state index contributed by atoms with van der Waals surface area (Å²) in [7, 11) is -1.25. The summed E-state index contributed by atoms with van der Waals surface area (Å²) in [6.07, 6.45) is 11.0. The van der Waals surface area contributed by atoms with Crippen LogP contribution in [0, 0.1) is 0 Å². The van der Waals surface area contributed by atoms with E-state index in [2.05, 4.69) is 43.0 Å². The van der Waals surface area contributed by atoms with Crippen LogP contribution in [0.15, 0.2) is 28.6 Å². The number of nitrogens with zero attached hydrogens (tertiary/aromatic N) is 1. The van der Waals surface area contributed by atoms with Gasteiger partial charge in [-0.15, -0.1) is 0 Å². The number of rotatable bonds is 2. The summed E-state index contributed by atoms with van der Waals surface area (Å²) in [6.45, 7) is 6.74. The molecule has 0 aromatic rings.